The summed E-state index contributed by atoms with van der Waals surface area (Å²) in [6.07, 6.45) is 17.2. The van der Waals surface area contributed by atoms with Gasteiger partial charge in [-0.2, -0.15) is 0 Å². The van der Waals surface area contributed by atoms with Gasteiger partial charge in [-0.25, -0.2) is 0 Å². The van der Waals surface area contributed by atoms with E-state index >= 15 is 0 Å². The van der Waals surface area contributed by atoms with Crippen LogP contribution in [0.1, 0.15) is 62.4 Å². The second-order valence-corrected chi connectivity index (χ2v) is 13.7. The van der Waals surface area contributed by atoms with Gasteiger partial charge >= 0.3 is 0 Å². The number of benzene rings is 4. The Kier molecular flexibility index (Phi) is 8.38. The molecule has 6 rings (SSSR count). The van der Waals surface area contributed by atoms with Crippen LogP contribution in [0.15, 0.2) is 134 Å². The molecular formula is C45H47N. The first kappa shape index (κ1) is 31.4. The van der Waals surface area contributed by atoms with E-state index in [1.165, 1.54) is 67.0 Å². The summed E-state index contributed by atoms with van der Waals surface area (Å²) >= 11 is 0. The molecule has 4 aromatic rings. The van der Waals surface area contributed by atoms with E-state index in [-0.39, 0.29) is 10.8 Å². The Labute approximate surface area is 277 Å². The van der Waals surface area contributed by atoms with Gasteiger partial charge in [0.05, 0.1) is 0 Å². The molecule has 232 valence electrons. The monoisotopic (exact) mass is 601 g/mol. The lowest BCUT2D eigenvalue weighted by Gasteiger charge is -2.36. The summed E-state index contributed by atoms with van der Waals surface area (Å²) in [6, 6.07) is 29.5. The Morgan fingerprint density at radius 3 is 2.11 bits per heavy atom. The third-order valence-electron chi connectivity index (χ3n) is 10.6. The molecular weight excluding hydrogens is 555 g/mol. The minimum atomic E-state index is 0.0127. The van der Waals surface area contributed by atoms with Crippen LogP contribution in [0.2, 0.25) is 0 Å². The van der Waals surface area contributed by atoms with Crippen LogP contribution in [0, 0.1) is 19.8 Å². The summed E-state index contributed by atoms with van der Waals surface area (Å²) in [5.41, 5.74) is 15.9. The summed E-state index contributed by atoms with van der Waals surface area (Å²) in [4.78, 5) is 2.37. The molecule has 0 aliphatic heterocycles. The highest BCUT2D eigenvalue weighted by Gasteiger charge is 2.52. The first-order valence-electron chi connectivity index (χ1n) is 16.7. The van der Waals surface area contributed by atoms with Gasteiger partial charge in [-0.05, 0) is 119 Å². The average molecular weight is 602 g/mol. The maximum Gasteiger partial charge on any atom is 0.0411 e. The highest BCUT2D eigenvalue weighted by Crippen LogP contribution is 2.58. The second-order valence-electron chi connectivity index (χ2n) is 13.7. The standard InChI is InChI=1S/C45H47N/c1-9-11-12-16-31(3)34-20-24-36(25-21-34)46(10-2)37-26-22-35(23-27-37)38-17-15-18-39(32(38)4)40-28-29-41-43(33(40)5)45(8)30-14-13-19-42(45)44(41,6)7/h9,11-30,42H,1,10H2,2-8H3/b12-11-,31-16+. The second kappa shape index (κ2) is 12.3. The van der Waals surface area contributed by atoms with Crippen molar-refractivity contribution in [3.8, 4) is 22.3 Å². The summed E-state index contributed by atoms with van der Waals surface area (Å²) in [5.74, 6) is 0.464. The smallest absolute Gasteiger partial charge is 0.0411 e. The van der Waals surface area contributed by atoms with E-state index < -0.39 is 0 Å². The molecule has 0 amide bonds. The Morgan fingerprint density at radius 2 is 1.43 bits per heavy atom. The van der Waals surface area contributed by atoms with Gasteiger partial charge in [0.15, 0.2) is 0 Å². The fourth-order valence-electron chi connectivity index (χ4n) is 8.22. The van der Waals surface area contributed by atoms with E-state index in [0.717, 1.165) is 6.54 Å². The largest absolute Gasteiger partial charge is 0.342 e. The Hall–Kier alpha value is -4.62. The lowest BCUT2D eigenvalue weighted by atomic mass is 9.67. The van der Waals surface area contributed by atoms with Crippen molar-refractivity contribution in [1.82, 2.24) is 0 Å². The van der Waals surface area contributed by atoms with Gasteiger partial charge in [0.25, 0.3) is 0 Å². The van der Waals surface area contributed by atoms with Crippen LogP contribution in [0.5, 0.6) is 0 Å². The molecule has 2 atom stereocenters. The Bertz CT molecular complexity index is 1890. The number of allylic oxidation sites excluding steroid dienone is 9. The lowest BCUT2D eigenvalue weighted by Crippen LogP contribution is -2.34. The normalized spacial score (nSPS) is 19.7. The molecule has 0 saturated carbocycles. The number of anilines is 2. The average Bonchev–Trinajstić information content (AvgIpc) is 3.25. The number of hydrogen-bond donors (Lipinski definition) is 0. The van der Waals surface area contributed by atoms with Crippen molar-refractivity contribution in [2.45, 2.75) is 59.3 Å². The van der Waals surface area contributed by atoms with Crippen LogP contribution in [0.3, 0.4) is 0 Å². The van der Waals surface area contributed by atoms with Crippen molar-refractivity contribution in [2.24, 2.45) is 5.92 Å². The zero-order chi connectivity index (χ0) is 32.6. The fraction of sp³-hybridized carbons (Fsp3) is 0.244. The van der Waals surface area contributed by atoms with Gasteiger partial charge in [-0.1, -0.05) is 131 Å². The van der Waals surface area contributed by atoms with E-state index in [9.17, 15) is 0 Å². The lowest BCUT2D eigenvalue weighted by molar-refractivity contribution is 0.323. The molecule has 0 radical (unpaired) electrons. The molecule has 0 N–H and O–H groups in total. The molecule has 0 spiro atoms. The van der Waals surface area contributed by atoms with Crippen molar-refractivity contribution < 1.29 is 0 Å². The van der Waals surface area contributed by atoms with E-state index in [4.69, 9.17) is 0 Å². The third kappa shape index (κ3) is 5.22. The van der Waals surface area contributed by atoms with Crippen molar-refractivity contribution in [2.75, 3.05) is 11.4 Å². The molecule has 1 nitrogen and oxygen atoms in total. The van der Waals surface area contributed by atoms with Crippen LogP contribution in [0.4, 0.5) is 11.4 Å². The highest BCUT2D eigenvalue weighted by atomic mass is 15.1. The van der Waals surface area contributed by atoms with Gasteiger partial charge in [-0.15, -0.1) is 0 Å². The SMILES string of the molecule is C=C/C=C\C=C(/C)c1ccc(N(CC)c2ccc(-c3cccc(-c4ccc5c(c4C)C4(C)C=CC=CC4C5(C)C)c3C)cc2)cc1. The molecule has 1 heteroatoms. The number of rotatable bonds is 8. The molecule has 2 aliphatic carbocycles. The van der Waals surface area contributed by atoms with Gasteiger partial charge in [0.2, 0.25) is 0 Å². The van der Waals surface area contributed by atoms with Crippen LogP contribution in [-0.2, 0) is 10.8 Å². The third-order valence-corrected chi connectivity index (χ3v) is 10.6. The molecule has 0 fully saturated rings. The summed E-state index contributed by atoms with van der Waals surface area (Å²) in [7, 11) is 0. The summed E-state index contributed by atoms with van der Waals surface area (Å²) in [5, 5.41) is 0. The maximum atomic E-state index is 3.75. The Morgan fingerprint density at radius 1 is 0.783 bits per heavy atom. The zero-order valence-electron chi connectivity index (χ0n) is 28.6. The van der Waals surface area contributed by atoms with E-state index in [2.05, 4.69) is 169 Å². The van der Waals surface area contributed by atoms with Crippen molar-refractivity contribution in [3.63, 3.8) is 0 Å². The van der Waals surface area contributed by atoms with E-state index in [1.54, 1.807) is 6.08 Å². The summed E-state index contributed by atoms with van der Waals surface area (Å²) < 4.78 is 0. The predicted molar refractivity (Wildman–Crippen MR) is 201 cm³/mol. The Balaban J connectivity index is 1.31. The van der Waals surface area contributed by atoms with Crippen LogP contribution < -0.4 is 4.90 Å². The minimum absolute atomic E-state index is 0.0127. The fourth-order valence-corrected chi connectivity index (χ4v) is 8.22. The minimum Gasteiger partial charge on any atom is -0.342 e. The summed E-state index contributed by atoms with van der Waals surface area (Å²) in [6.45, 7) is 20.9. The molecule has 0 aromatic heterocycles. The van der Waals surface area contributed by atoms with Crippen molar-refractivity contribution in [3.05, 3.63) is 162 Å². The molecule has 0 heterocycles. The van der Waals surface area contributed by atoms with Crippen molar-refractivity contribution >= 4 is 16.9 Å². The van der Waals surface area contributed by atoms with Gasteiger partial charge in [0.1, 0.15) is 0 Å². The molecule has 46 heavy (non-hydrogen) atoms. The molecule has 0 bridgehead atoms. The van der Waals surface area contributed by atoms with E-state index in [1.807, 2.05) is 12.2 Å². The molecule has 2 unspecified atom stereocenters. The highest BCUT2D eigenvalue weighted by molar-refractivity contribution is 5.82. The van der Waals surface area contributed by atoms with Crippen LogP contribution in [0.25, 0.3) is 27.8 Å². The molecule has 0 saturated heterocycles. The van der Waals surface area contributed by atoms with Crippen LogP contribution >= 0.6 is 0 Å². The van der Waals surface area contributed by atoms with Gasteiger partial charge < -0.3 is 4.90 Å². The first-order valence-corrected chi connectivity index (χ1v) is 16.7. The molecule has 2 aliphatic rings. The number of nitrogens with zero attached hydrogens (tertiary/aromatic N) is 1. The van der Waals surface area contributed by atoms with Gasteiger partial charge in [-0.3, -0.25) is 0 Å². The molecule has 4 aromatic carbocycles. The van der Waals surface area contributed by atoms with Crippen LogP contribution in [-0.4, -0.2) is 6.54 Å². The van der Waals surface area contributed by atoms with Crippen molar-refractivity contribution in [1.29, 1.82) is 0 Å². The quantitative estimate of drug-likeness (QED) is 0.182. The van der Waals surface area contributed by atoms with Gasteiger partial charge in [0, 0.05) is 23.3 Å². The zero-order valence-corrected chi connectivity index (χ0v) is 28.6. The number of fused-ring (bicyclic) bond motifs is 3. The number of hydrogen-bond acceptors (Lipinski definition) is 1. The topological polar surface area (TPSA) is 3.24 Å². The first-order chi connectivity index (χ1) is 22.1. The van der Waals surface area contributed by atoms with E-state index in [0.29, 0.717) is 5.92 Å². The predicted octanol–water partition coefficient (Wildman–Crippen LogP) is 12.2. The maximum absolute atomic E-state index is 3.75.